The third kappa shape index (κ3) is 4.11. The average Bonchev–Trinajstić information content (AvgIpc) is 2.60. The minimum atomic E-state index is -0.530. The summed E-state index contributed by atoms with van der Waals surface area (Å²) in [6.45, 7) is 0. The molecule has 0 atom stereocenters. The van der Waals surface area contributed by atoms with Gasteiger partial charge in [-0.15, -0.1) is 0 Å². The number of benzene rings is 2. The third-order valence-corrected chi connectivity index (χ3v) is 3.48. The van der Waals surface area contributed by atoms with Crippen molar-refractivity contribution < 1.29 is 19.2 Å². The molecule has 0 bridgehead atoms. The molecule has 0 fully saturated rings. The molecule has 0 spiro atoms. The van der Waals surface area contributed by atoms with Crippen LogP contribution in [0.25, 0.3) is 0 Å². The van der Waals surface area contributed by atoms with Crippen molar-refractivity contribution in [3.63, 3.8) is 0 Å². The summed E-state index contributed by atoms with van der Waals surface area (Å²) in [4.78, 5) is 35.9. The SMILES string of the molecule is COC(=O)c1ccc(NC(=O)c2ccc(N(C)C)c([N+](=O)[O-])c2)cc1. The van der Waals surface area contributed by atoms with E-state index in [0.29, 0.717) is 16.9 Å². The molecule has 1 N–H and O–H groups in total. The largest absolute Gasteiger partial charge is 0.465 e. The van der Waals surface area contributed by atoms with E-state index in [1.807, 2.05) is 0 Å². The zero-order chi connectivity index (χ0) is 18.6. The van der Waals surface area contributed by atoms with E-state index in [1.165, 1.54) is 37.4 Å². The molecule has 0 saturated heterocycles. The Morgan fingerprint density at radius 2 is 1.68 bits per heavy atom. The molecular formula is C17H17N3O5. The number of nitro benzene ring substituents is 1. The van der Waals surface area contributed by atoms with Crippen LogP contribution in [0.3, 0.4) is 0 Å². The van der Waals surface area contributed by atoms with Crippen LogP contribution in [0.5, 0.6) is 0 Å². The third-order valence-electron chi connectivity index (χ3n) is 3.48. The zero-order valence-electron chi connectivity index (χ0n) is 14.0. The van der Waals surface area contributed by atoms with Crippen molar-refractivity contribution in [2.45, 2.75) is 0 Å². The summed E-state index contributed by atoms with van der Waals surface area (Å²) in [7, 11) is 4.65. The number of ether oxygens (including phenoxy) is 1. The van der Waals surface area contributed by atoms with Gasteiger partial charge in [0.05, 0.1) is 17.6 Å². The lowest BCUT2D eigenvalue weighted by Crippen LogP contribution is -2.15. The molecule has 0 saturated carbocycles. The van der Waals surface area contributed by atoms with E-state index >= 15 is 0 Å². The van der Waals surface area contributed by atoms with Gasteiger partial charge >= 0.3 is 5.97 Å². The molecule has 2 rings (SSSR count). The summed E-state index contributed by atoms with van der Waals surface area (Å²) in [5.74, 6) is -0.966. The van der Waals surface area contributed by atoms with Gasteiger partial charge < -0.3 is 15.0 Å². The van der Waals surface area contributed by atoms with Crippen molar-refractivity contribution in [3.05, 3.63) is 63.7 Å². The van der Waals surface area contributed by atoms with Gasteiger partial charge in [0, 0.05) is 31.4 Å². The first-order valence-corrected chi connectivity index (χ1v) is 7.29. The van der Waals surface area contributed by atoms with Gasteiger partial charge in [-0.1, -0.05) is 0 Å². The molecule has 130 valence electrons. The number of methoxy groups -OCH3 is 1. The maximum atomic E-state index is 12.3. The number of nitrogens with zero attached hydrogens (tertiary/aromatic N) is 2. The second-order valence-corrected chi connectivity index (χ2v) is 5.38. The highest BCUT2D eigenvalue weighted by Gasteiger charge is 2.19. The van der Waals surface area contributed by atoms with Gasteiger partial charge in [-0.3, -0.25) is 14.9 Å². The Morgan fingerprint density at radius 1 is 1.08 bits per heavy atom. The molecule has 1 amide bonds. The Bertz CT molecular complexity index is 816. The second kappa shape index (κ2) is 7.43. The lowest BCUT2D eigenvalue weighted by Gasteiger charge is -2.13. The maximum absolute atomic E-state index is 12.3. The number of carbonyl (C=O) groups is 2. The number of nitro groups is 1. The summed E-state index contributed by atoms with van der Waals surface area (Å²) < 4.78 is 4.60. The number of rotatable bonds is 5. The standard InChI is InChI=1S/C17H17N3O5/c1-19(2)14-9-6-12(10-15(14)20(23)24)16(21)18-13-7-4-11(5-8-13)17(22)25-3/h4-10H,1-3H3,(H,18,21). The molecule has 0 aliphatic rings. The Hall–Kier alpha value is -3.42. The predicted octanol–water partition coefficient (Wildman–Crippen LogP) is 2.70. The van der Waals surface area contributed by atoms with Crippen LogP contribution in [0.2, 0.25) is 0 Å². The number of hydrogen-bond acceptors (Lipinski definition) is 6. The molecule has 0 aliphatic heterocycles. The monoisotopic (exact) mass is 343 g/mol. The highest BCUT2D eigenvalue weighted by atomic mass is 16.6. The predicted molar refractivity (Wildman–Crippen MR) is 93.2 cm³/mol. The number of carbonyl (C=O) groups excluding carboxylic acids is 2. The lowest BCUT2D eigenvalue weighted by atomic mass is 10.1. The fraction of sp³-hybridized carbons (Fsp3) is 0.176. The molecule has 0 radical (unpaired) electrons. The van der Waals surface area contributed by atoms with Gasteiger partial charge in [-0.05, 0) is 36.4 Å². The van der Waals surface area contributed by atoms with Gasteiger partial charge in [0.15, 0.2) is 0 Å². The molecule has 2 aromatic carbocycles. The first-order chi connectivity index (χ1) is 11.8. The van der Waals surface area contributed by atoms with Crippen LogP contribution in [-0.4, -0.2) is 38.0 Å². The molecule has 0 aromatic heterocycles. The van der Waals surface area contributed by atoms with E-state index in [2.05, 4.69) is 10.1 Å². The van der Waals surface area contributed by atoms with Crippen molar-refractivity contribution in [3.8, 4) is 0 Å². The summed E-state index contributed by atoms with van der Waals surface area (Å²) >= 11 is 0. The molecule has 2 aromatic rings. The van der Waals surface area contributed by atoms with Gasteiger partial charge in [0.1, 0.15) is 5.69 Å². The van der Waals surface area contributed by atoms with E-state index < -0.39 is 16.8 Å². The number of anilines is 2. The molecule has 0 unspecified atom stereocenters. The van der Waals surface area contributed by atoms with Gasteiger partial charge in [-0.2, -0.15) is 0 Å². The molecular weight excluding hydrogens is 326 g/mol. The summed E-state index contributed by atoms with van der Waals surface area (Å²) in [5.41, 5.74) is 1.22. The number of esters is 1. The normalized spacial score (nSPS) is 10.0. The molecule has 0 heterocycles. The second-order valence-electron chi connectivity index (χ2n) is 5.38. The smallest absolute Gasteiger partial charge is 0.337 e. The molecule has 25 heavy (non-hydrogen) atoms. The minimum absolute atomic E-state index is 0.154. The van der Waals surface area contributed by atoms with Crippen LogP contribution in [0.4, 0.5) is 17.1 Å². The van der Waals surface area contributed by atoms with E-state index in [4.69, 9.17) is 0 Å². The van der Waals surface area contributed by atoms with Gasteiger partial charge in [-0.25, -0.2) is 4.79 Å². The first kappa shape index (κ1) is 17.9. The summed E-state index contributed by atoms with van der Waals surface area (Å²) in [5, 5.41) is 13.8. The van der Waals surface area contributed by atoms with E-state index in [1.54, 1.807) is 31.1 Å². The van der Waals surface area contributed by atoms with E-state index in [9.17, 15) is 19.7 Å². The number of hydrogen-bond donors (Lipinski definition) is 1. The zero-order valence-corrected chi connectivity index (χ0v) is 14.0. The number of nitrogens with one attached hydrogen (secondary N) is 1. The van der Waals surface area contributed by atoms with Crippen LogP contribution >= 0.6 is 0 Å². The highest BCUT2D eigenvalue weighted by molar-refractivity contribution is 6.05. The van der Waals surface area contributed by atoms with Crippen LogP contribution in [0.15, 0.2) is 42.5 Å². The Labute approximate surface area is 144 Å². The van der Waals surface area contributed by atoms with Crippen LogP contribution in [0.1, 0.15) is 20.7 Å². The number of amides is 1. The first-order valence-electron chi connectivity index (χ1n) is 7.29. The van der Waals surface area contributed by atoms with Gasteiger partial charge in [0.25, 0.3) is 11.6 Å². The van der Waals surface area contributed by atoms with Crippen molar-refractivity contribution in [2.24, 2.45) is 0 Å². The minimum Gasteiger partial charge on any atom is -0.465 e. The van der Waals surface area contributed by atoms with Crippen LogP contribution in [-0.2, 0) is 4.74 Å². The molecule has 8 heteroatoms. The Kier molecular flexibility index (Phi) is 5.33. The topological polar surface area (TPSA) is 102 Å². The fourth-order valence-electron chi connectivity index (χ4n) is 2.20. The summed E-state index contributed by atoms with van der Waals surface area (Å²) in [6.07, 6.45) is 0. The van der Waals surface area contributed by atoms with Crippen LogP contribution in [0, 0.1) is 10.1 Å². The lowest BCUT2D eigenvalue weighted by molar-refractivity contribution is -0.384. The summed E-state index contributed by atoms with van der Waals surface area (Å²) in [6, 6.07) is 10.4. The fourth-order valence-corrected chi connectivity index (χ4v) is 2.20. The quantitative estimate of drug-likeness (QED) is 0.509. The van der Waals surface area contributed by atoms with E-state index in [-0.39, 0.29) is 11.3 Å². The Morgan fingerprint density at radius 3 is 2.20 bits per heavy atom. The van der Waals surface area contributed by atoms with Crippen molar-refractivity contribution >= 4 is 28.9 Å². The van der Waals surface area contributed by atoms with E-state index in [0.717, 1.165) is 0 Å². The average molecular weight is 343 g/mol. The highest BCUT2D eigenvalue weighted by Crippen LogP contribution is 2.28. The van der Waals surface area contributed by atoms with Crippen LogP contribution < -0.4 is 10.2 Å². The van der Waals surface area contributed by atoms with Gasteiger partial charge in [0.2, 0.25) is 0 Å². The molecule has 8 nitrogen and oxygen atoms in total. The van der Waals surface area contributed by atoms with Crippen molar-refractivity contribution in [2.75, 3.05) is 31.4 Å². The van der Waals surface area contributed by atoms with Crippen molar-refractivity contribution in [1.29, 1.82) is 0 Å². The Balaban J connectivity index is 2.22. The maximum Gasteiger partial charge on any atom is 0.337 e. The molecule has 0 aliphatic carbocycles. The van der Waals surface area contributed by atoms with Crippen molar-refractivity contribution in [1.82, 2.24) is 0 Å².